The average molecular weight is 283 g/mol. The predicted octanol–water partition coefficient (Wildman–Crippen LogP) is 1.57. The van der Waals surface area contributed by atoms with Gasteiger partial charge in [0.25, 0.3) is 5.91 Å². The molecule has 2 aromatic carbocycles. The number of benzene rings is 2. The third kappa shape index (κ3) is 4.17. The zero-order valence-corrected chi connectivity index (χ0v) is 12.9. The standard InChI is InChI=1S/C18H22N2O/c1-14-6-4-5-7-17(14)13-20(3)12-15-8-10-16(11-9-15)18(21)19-2/h4-11H,12-13H2,1-3H3,(H,19,21)/p+1. The molecule has 0 radical (unpaired) electrons. The van der Waals surface area contributed by atoms with Gasteiger partial charge in [-0.1, -0.05) is 36.4 Å². The first kappa shape index (κ1) is 15.3. The van der Waals surface area contributed by atoms with Gasteiger partial charge in [0, 0.05) is 23.7 Å². The van der Waals surface area contributed by atoms with Crippen LogP contribution in [0, 0.1) is 6.92 Å². The molecule has 2 aromatic rings. The van der Waals surface area contributed by atoms with Crippen molar-refractivity contribution in [2.45, 2.75) is 20.0 Å². The molecule has 0 saturated heterocycles. The summed E-state index contributed by atoms with van der Waals surface area (Å²) in [4.78, 5) is 12.9. The molecule has 3 heteroatoms. The SMILES string of the molecule is CNC(=O)c1ccc(C[NH+](C)Cc2ccccc2C)cc1. The normalized spacial score (nSPS) is 12.0. The maximum absolute atomic E-state index is 11.5. The van der Waals surface area contributed by atoms with E-state index in [1.54, 1.807) is 7.05 Å². The van der Waals surface area contributed by atoms with Crippen molar-refractivity contribution in [3.05, 3.63) is 70.8 Å². The van der Waals surface area contributed by atoms with Crippen LogP contribution in [0.4, 0.5) is 0 Å². The lowest BCUT2D eigenvalue weighted by molar-refractivity contribution is -0.907. The molecule has 0 spiro atoms. The number of aryl methyl sites for hydroxylation is 1. The zero-order valence-electron chi connectivity index (χ0n) is 12.9. The van der Waals surface area contributed by atoms with Crippen LogP contribution in [0.25, 0.3) is 0 Å². The zero-order chi connectivity index (χ0) is 15.2. The first-order chi connectivity index (χ1) is 10.1. The molecular formula is C18H23N2O+. The largest absolute Gasteiger partial charge is 0.355 e. The summed E-state index contributed by atoms with van der Waals surface area (Å²) in [6.07, 6.45) is 0. The summed E-state index contributed by atoms with van der Waals surface area (Å²) < 4.78 is 0. The maximum Gasteiger partial charge on any atom is 0.251 e. The molecule has 0 aliphatic carbocycles. The molecule has 0 bridgehead atoms. The smallest absolute Gasteiger partial charge is 0.251 e. The second-order valence-electron chi connectivity index (χ2n) is 5.51. The second-order valence-corrected chi connectivity index (χ2v) is 5.51. The Labute approximate surface area is 126 Å². The molecule has 0 aliphatic heterocycles. The van der Waals surface area contributed by atoms with Gasteiger partial charge in [-0.15, -0.1) is 0 Å². The lowest BCUT2D eigenvalue weighted by Crippen LogP contribution is -3.06. The second kappa shape index (κ2) is 7.04. The minimum atomic E-state index is -0.0397. The Kier molecular flexibility index (Phi) is 5.12. The summed E-state index contributed by atoms with van der Waals surface area (Å²) in [5.74, 6) is -0.0397. The lowest BCUT2D eigenvalue weighted by atomic mass is 10.1. The van der Waals surface area contributed by atoms with Gasteiger partial charge < -0.3 is 10.2 Å². The number of quaternary nitrogens is 1. The summed E-state index contributed by atoms with van der Waals surface area (Å²) in [6, 6.07) is 16.3. The Morgan fingerprint density at radius 1 is 1.05 bits per heavy atom. The Balaban J connectivity index is 1.98. The van der Waals surface area contributed by atoms with Crippen LogP contribution in [-0.2, 0) is 13.1 Å². The van der Waals surface area contributed by atoms with Crippen LogP contribution in [0.5, 0.6) is 0 Å². The Morgan fingerprint density at radius 2 is 1.71 bits per heavy atom. The molecule has 0 heterocycles. The van der Waals surface area contributed by atoms with Gasteiger partial charge in [0.2, 0.25) is 0 Å². The Morgan fingerprint density at radius 3 is 2.33 bits per heavy atom. The number of hydrogen-bond acceptors (Lipinski definition) is 1. The number of carbonyl (C=O) groups is 1. The number of amides is 1. The fraction of sp³-hybridized carbons (Fsp3) is 0.278. The van der Waals surface area contributed by atoms with Gasteiger partial charge in [-0.05, 0) is 24.6 Å². The van der Waals surface area contributed by atoms with Crippen molar-refractivity contribution in [3.63, 3.8) is 0 Å². The molecule has 110 valence electrons. The first-order valence-corrected chi connectivity index (χ1v) is 7.27. The monoisotopic (exact) mass is 283 g/mol. The quantitative estimate of drug-likeness (QED) is 0.858. The van der Waals surface area contributed by atoms with Crippen LogP contribution < -0.4 is 10.2 Å². The van der Waals surface area contributed by atoms with E-state index in [-0.39, 0.29) is 5.91 Å². The summed E-state index contributed by atoms with van der Waals surface area (Å²) in [6.45, 7) is 4.10. The summed E-state index contributed by atoms with van der Waals surface area (Å²) in [7, 11) is 3.84. The van der Waals surface area contributed by atoms with E-state index in [4.69, 9.17) is 0 Å². The van der Waals surface area contributed by atoms with Gasteiger partial charge in [-0.25, -0.2) is 0 Å². The predicted molar refractivity (Wildman–Crippen MR) is 85.3 cm³/mol. The molecule has 2 N–H and O–H groups in total. The van der Waals surface area contributed by atoms with E-state index in [9.17, 15) is 4.79 Å². The van der Waals surface area contributed by atoms with Crippen LogP contribution in [0.15, 0.2) is 48.5 Å². The summed E-state index contributed by atoms with van der Waals surface area (Å²) in [5, 5.41) is 2.64. The minimum absolute atomic E-state index is 0.0397. The molecule has 0 saturated carbocycles. The van der Waals surface area contributed by atoms with E-state index >= 15 is 0 Å². The van der Waals surface area contributed by atoms with Crippen LogP contribution in [0.2, 0.25) is 0 Å². The highest BCUT2D eigenvalue weighted by molar-refractivity contribution is 5.93. The lowest BCUT2D eigenvalue weighted by Gasteiger charge is -2.15. The number of carbonyl (C=O) groups excluding carboxylic acids is 1. The number of nitrogens with one attached hydrogen (secondary N) is 2. The third-order valence-electron chi connectivity index (χ3n) is 3.70. The van der Waals surface area contributed by atoms with Gasteiger partial charge in [0.1, 0.15) is 13.1 Å². The molecular weight excluding hydrogens is 260 g/mol. The van der Waals surface area contributed by atoms with Crippen LogP contribution >= 0.6 is 0 Å². The van der Waals surface area contributed by atoms with Gasteiger partial charge in [-0.3, -0.25) is 4.79 Å². The maximum atomic E-state index is 11.5. The molecule has 0 aliphatic rings. The molecule has 1 unspecified atom stereocenters. The van der Waals surface area contributed by atoms with Crippen LogP contribution in [0.3, 0.4) is 0 Å². The van der Waals surface area contributed by atoms with Crippen LogP contribution in [-0.4, -0.2) is 20.0 Å². The summed E-state index contributed by atoms with van der Waals surface area (Å²) >= 11 is 0. The van der Waals surface area contributed by atoms with Crippen LogP contribution in [0.1, 0.15) is 27.0 Å². The van der Waals surface area contributed by atoms with Crippen molar-refractivity contribution in [1.29, 1.82) is 0 Å². The van der Waals surface area contributed by atoms with E-state index in [1.807, 2.05) is 24.3 Å². The molecule has 1 atom stereocenters. The van der Waals surface area contributed by atoms with Crippen molar-refractivity contribution in [2.24, 2.45) is 0 Å². The van der Waals surface area contributed by atoms with Gasteiger partial charge >= 0.3 is 0 Å². The fourth-order valence-electron chi connectivity index (χ4n) is 2.46. The topological polar surface area (TPSA) is 33.5 Å². The average Bonchev–Trinajstić information content (AvgIpc) is 2.49. The Hall–Kier alpha value is -2.13. The van der Waals surface area contributed by atoms with Crippen molar-refractivity contribution in [3.8, 4) is 0 Å². The highest BCUT2D eigenvalue weighted by atomic mass is 16.1. The molecule has 21 heavy (non-hydrogen) atoms. The molecule has 2 rings (SSSR count). The first-order valence-electron chi connectivity index (χ1n) is 7.27. The Bertz CT molecular complexity index is 605. The van der Waals surface area contributed by atoms with Crippen molar-refractivity contribution in [1.82, 2.24) is 5.32 Å². The van der Waals surface area contributed by atoms with E-state index in [0.29, 0.717) is 5.56 Å². The molecule has 3 nitrogen and oxygen atoms in total. The van der Waals surface area contributed by atoms with Gasteiger partial charge in [0.05, 0.1) is 7.05 Å². The fourth-order valence-corrected chi connectivity index (χ4v) is 2.46. The highest BCUT2D eigenvalue weighted by Gasteiger charge is 2.08. The number of hydrogen-bond donors (Lipinski definition) is 2. The van der Waals surface area contributed by atoms with E-state index in [0.717, 1.165) is 13.1 Å². The molecule has 1 amide bonds. The van der Waals surface area contributed by atoms with E-state index in [1.165, 1.54) is 21.6 Å². The van der Waals surface area contributed by atoms with E-state index in [2.05, 4.69) is 43.6 Å². The van der Waals surface area contributed by atoms with Crippen molar-refractivity contribution in [2.75, 3.05) is 14.1 Å². The summed E-state index contributed by atoms with van der Waals surface area (Å²) in [5.41, 5.74) is 4.68. The third-order valence-corrected chi connectivity index (χ3v) is 3.70. The molecule has 0 aromatic heterocycles. The van der Waals surface area contributed by atoms with Gasteiger partial charge in [0.15, 0.2) is 0 Å². The van der Waals surface area contributed by atoms with Gasteiger partial charge in [-0.2, -0.15) is 0 Å². The molecule has 0 fully saturated rings. The minimum Gasteiger partial charge on any atom is -0.355 e. The number of rotatable bonds is 5. The van der Waals surface area contributed by atoms with E-state index < -0.39 is 0 Å². The van der Waals surface area contributed by atoms with Crippen molar-refractivity contribution >= 4 is 5.91 Å². The highest BCUT2D eigenvalue weighted by Crippen LogP contribution is 2.06. The van der Waals surface area contributed by atoms with Crippen molar-refractivity contribution < 1.29 is 9.69 Å².